The minimum atomic E-state index is -0.538. The molecule has 106 valence electrons. The highest BCUT2D eigenvalue weighted by atomic mass is 32.2. The summed E-state index contributed by atoms with van der Waals surface area (Å²) in [7, 11) is 0. The average Bonchev–Trinajstić information content (AvgIpc) is 2.36. The smallest absolute Gasteiger partial charge is 0.244 e. The summed E-state index contributed by atoms with van der Waals surface area (Å²) in [6, 6.07) is -1.05. The van der Waals surface area contributed by atoms with Gasteiger partial charge in [-0.3, -0.25) is 9.59 Å². The molecule has 0 heterocycles. The molecule has 0 aromatic carbocycles. The topological polar surface area (TPSA) is 75.4 Å². The molecule has 0 rings (SSSR count). The van der Waals surface area contributed by atoms with Crippen LogP contribution in [-0.2, 0) is 9.59 Å². The van der Waals surface area contributed by atoms with Crippen molar-refractivity contribution >= 4 is 23.6 Å². The van der Waals surface area contributed by atoms with E-state index in [4.69, 9.17) is 5.73 Å². The van der Waals surface area contributed by atoms with Crippen LogP contribution in [0.4, 0.5) is 0 Å². The van der Waals surface area contributed by atoms with Gasteiger partial charge in [-0.25, -0.2) is 0 Å². The van der Waals surface area contributed by atoms with Crippen LogP contribution in [0.2, 0.25) is 0 Å². The summed E-state index contributed by atoms with van der Waals surface area (Å²) in [5.41, 5.74) is 5.74. The van der Waals surface area contributed by atoms with Crippen molar-refractivity contribution in [3.63, 3.8) is 0 Å². The zero-order chi connectivity index (χ0) is 14.1. The summed E-state index contributed by atoms with van der Waals surface area (Å²) in [6.07, 6.45) is 2.59. The van der Waals surface area contributed by atoms with E-state index >= 15 is 0 Å². The second-order valence-electron chi connectivity index (χ2n) is 4.13. The first-order valence-corrected chi connectivity index (χ1v) is 7.70. The Morgan fingerprint density at radius 2 is 1.89 bits per heavy atom. The predicted octanol–water partition coefficient (Wildman–Crippen LogP) is 0.440. The van der Waals surface area contributed by atoms with Gasteiger partial charge in [0.1, 0.15) is 6.04 Å². The quantitative estimate of drug-likeness (QED) is 0.674. The highest BCUT2D eigenvalue weighted by Crippen LogP contribution is 2.00. The van der Waals surface area contributed by atoms with Gasteiger partial charge in [0.15, 0.2) is 0 Å². The number of amides is 2. The van der Waals surface area contributed by atoms with Gasteiger partial charge in [0.05, 0.1) is 6.04 Å². The summed E-state index contributed by atoms with van der Waals surface area (Å²) < 4.78 is 0. The third-order valence-electron chi connectivity index (χ3n) is 2.77. The summed E-state index contributed by atoms with van der Waals surface area (Å²) >= 11 is 1.65. The highest BCUT2D eigenvalue weighted by molar-refractivity contribution is 7.98. The van der Waals surface area contributed by atoms with Crippen LogP contribution in [0.3, 0.4) is 0 Å². The van der Waals surface area contributed by atoms with Crippen LogP contribution in [-0.4, -0.2) is 53.9 Å². The summed E-state index contributed by atoms with van der Waals surface area (Å²) in [6.45, 7) is 6.82. The van der Waals surface area contributed by atoms with Crippen LogP contribution in [0.5, 0.6) is 0 Å². The third kappa shape index (κ3) is 5.73. The Balaban J connectivity index is 4.25. The van der Waals surface area contributed by atoms with Gasteiger partial charge >= 0.3 is 0 Å². The molecule has 1 unspecified atom stereocenters. The number of carbonyl (C=O) groups excluding carboxylic acids is 2. The maximum atomic E-state index is 11.9. The number of nitrogens with two attached hydrogens (primary N) is 1. The van der Waals surface area contributed by atoms with Gasteiger partial charge in [-0.05, 0) is 39.2 Å². The number of carbonyl (C=O) groups is 2. The monoisotopic (exact) mass is 275 g/mol. The lowest BCUT2D eigenvalue weighted by Gasteiger charge is -2.24. The first-order chi connectivity index (χ1) is 8.47. The second-order valence-corrected chi connectivity index (χ2v) is 5.11. The molecule has 2 amide bonds. The molecular weight excluding hydrogens is 250 g/mol. The molecule has 0 saturated carbocycles. The first kappa shape index (κ1) is 17.2. The average molecular weight is 275 g/mol. The molecule has 2 atom stereocenters. The van der Waals surface area contributed by atoms with Crippen molar-refractivity contribution in [1.29, 1.82) is 0 Å². The minimum Gasteiger partial charge on any atom is -0.343 e. The fourth-order valence-corrected chi connectivity index (χ4v) is 2.06. The van der Waals surface area contributed by atoms with Crippen molar-refractivity contribution in [1.82, 2.24) is 10.2 Å². The normalized spacial score (nSPS) is 13.8. The Labute approximate surface area is 114 Å². The van der Waals surface area contributed by atoms with Gasteiger partial charge in [0.2, 0.25) is 11.8 Å². The van der Waals surface area contributed by atoms with E-state index in [0.717, 1.165) is 5.75 Å². The second kappa shape index (κ2) is 9.22. The maximum absolute atomic E-state index is 11.9. The summed E-state index contributed by atoms with van der Waals surface area (Å²) in [5.74, 6) is 0.523. The third-order valence-corrected chi connectivity index (χ3v) is 3.42. The van der Waals surface area contributed by atoms with E-state index in [2.05, 4.69) is 5.32 Å². The Morgan fingerprint density at radius 1 is 1.33 bits per heavy atom. The van der Waals surface area contributed by atoms with E-state index in [1.54, 1.807) is 23.6 Å². The van der Waals surface area contributed by atoms with Crippen LogP contribution in [0.15, 0.2) is 0 Å². The van der Waals surface area contributed by atoms with E-state index < -0.39 is 12.1 Å². The first-order valence-electron chi connectivity index (χ1n) is 6.31. The van der Waals surface area contributed by atoms with Gasteiger partial charge in [-0.1, -0.05) is 0 Å². The van der Waals surface area contributed by atoms with Crippen molar-refractivity contribution in [2.24, 2.45) is 5.73 Å². The van der Waals surface area contributed by atoms with Crippen molar-refractivity contribution in [2.45, 2.75) is 39.3 Å². The largest absolute Gasteiger partial charge is 0.343 e. The molecule has 0 radical (unpaired) electrons. The Kier molecular flexibility index (Phi) is 8.83. The van der Waals surface area contributed by atoms with E-state index in [1.165, 1.54) is 0 Å². The molecule has 6 heteroatoms. The highest BCUT2D eigenvalue weighted by Gasteiger charge is 2.22. The minimum absolute atomic E-state index is 0.0644. The van der Waals surface area contributed by atoms with Gasteiger partial charge in [0, 0.05) is 13.1 Å². The fraction of sp³-hybridized carbons (Fsp3) is 0.833. The molecule has 5 nitrogen and oxygen atoms in total. The van der Waals surface area contributed by atoms with Crippen LogP contribution in [0, 0.1) is 0 Å². The number of nitrogens with one attached hydrogen (secondary N) is 1. The Bertz CT molecular complexity index is 270. The molecule has 0 aromatic rings. The SMILES string of the molecule is CCN(CC)C(=O)C(C)NC(=O)[C@@H](N)CCSC. The van der Waals surface area contributed by atoms with Gasteiger partial charge in [-0.15, -0.1) is 0 Å². The lowest BCUT2D eigenvalue weighted by Crippen LogP contribution is -2.51. The molecule has 0 bridgehead atoms. The Morgan fingerprint density at radius 3 is 2.33 bits per heavy atom. The van der Waals surface area contributed by atoms with Crippen LogP contribution >= 0.6 is 11.8 Å². The standard InChI is InChI=1S/C12H25N3O2S/c1-5-15(6-2)12(17)9(3)14-11(16)10(13)7-8-18-4/h9-10H,5-8,13H2,1-4H3,(H,14,16)/t9?,10-/m0/s1. The molecule has 0 fully saturated rings. The number of hydrogen-bond acceptors (Lipinski definition) is 4. The van der Waals surface area contributed by atoms with Crippen molar-refractivity contribution < 1.29 is 9.59 Å². The molecule has 3 N–H and O–H groups in total. The molecule has 0 aliphatic heterocycles. The van der Waals surface area contributed by atoms with E-state index in [1.807, 2.05) is 20.1 Å². The van der Waals surface area contributed by atoms with Crippen molar-refractivity contribution in [3.05, 3.63) is 0 Å². The van der Waals surface area contributed by atoms with Crippen LogP contribution in [0.25, 0.3) is 0 Å². The van der Waals surface area contributed by atoms with Crippen molar-refractivity contribution in [2.75, 3.05) is 25.1 Å². The summed E-state index contributed by atoms with van der Waals surface area (Å²) in [5, 5.41) is 2.67. The molecule has 18 heavy (non-hydrogen) atoms. The summed E-state index contributed by atoms with van der Waals surface area (Å²) in [4.78, 5) is 25.4. The van der Waals surface area contributed by atoms with Crippen LogP contribution < -0.4 is 11.1 Å². The number of hydrogen-bond donors (Lipinski definition) is 2. The van der Waals surface area contributed by atoms with Crippen LogP contribution in [0.1, 0.15) is 27.2 Å². The lowest BCUT2D eigenvalue weighted by atomic mass is 10.2. The number of nitrogens with zero attached hydrogens (tertiary/aromatic N) is 1. The number of thioether (sulfide) groups is 1. The van der Waals surface area contributed by atoms with Gasteiger partial charge in [0.25, 0.3) is 0 Å². The zero-order valence-corrected chi connectivity index (χ0v) is 12.5. The zero-order valence-electron chi connectivity index (χ0n) is 11.7. The molecule has 0 aliphatic carbocycles. The lowest BCUT2D eigenvalue weighted by molar-refractivity contribution is -0.135. The molecule has 0 aliphatic rings. The van der Waals surface area contributed by atoms with Gasteiger partial charge < -0.3 is 16.0 Å². The molecule has 0 spiro atoms. The number of rotatable bonds is 8. The predicted molar refractivity (Wildman–Crippen MR) is 76.5 cm³/mol. The Hall–Kier alpha value is -0.750. The van der Waals surface area contributed by atoms with Gasteiger partial charge in [-0.2, -0.15) is 11.8 Å². The fourth-order valence-electron chi connectivity index (χ4n) is 1.57. The number of likely N-dealkylation sites (N-methyl/N-ethyl adjacent to an activating group) is 1. The van der Waals surface area contributed by atoms with E-state index in [9.17, 15) is 9.59 Å². The van der Waals surface area contributed by atoms with Crippen molar-refractivity contribution in [3.8, 4) is 0 Å². The maximum Gasteiger partial charge on any atom is 0.244 e. The molecule has 0 saturated heterocycles. The molecule has 0 aromatic heterocycles. The van der Waals surface area contributed by atoms with E-state index in [0.29, 0.717) is 19.5 Å². The molecular formula is C12H25N3O2S. The van der Waals surface area contributed by atoms with E-state index in [-0.39, 0.29) is 11.8 Å².